The first-order valence-electron chi connectivity index (χ1n) is 2.58. The van der Waals surface area contributed by atoms with Crippen molar-refractivity contribution in [3.63, 3.8) is 0 Å². The molecule has 0 unspecified atom stereocenters. The standard InChI is InChI=1S/C6H8O2.ClH/c1-2-6(3-4-6)5(7)8;/h2H,1,3-4H2,(H,7,8);1H. The van der Waals surface area contributed by atoms with Gasteiger partial charge in [-0.1, -0.05) is 6.08 Å². The normalized spacial score (nSPS) is 19.6. The van der Waals surface area contributed by atoms with Gasteiger partial charge in [0.1, 0.15) is 0 Å². The largest absolute Gasteiger partial charge is 0.481 e. The van der Waals surface area contributed by atoms with Gasteiger partial charge in [0.05, 0.1) is 5.41 Å². The number of carbonyl (C=O) groups is 1. The average Bonchev–Trinajstić information content (AvgIpc) is 2.44. The highest BCUT2D eigenvalue weighted by Gasteiger charge is 2.47. The molecule has 1 aliphatic rings. The quantitative estimate of drug-likeness (QED) is 0.602. The van der Waals surface area contributed by atoms with Crippen molar-refractivity contribution in [3.05, 3.63) is 12.7 Å². The molecule has 0 aromatic heterocycles. The zero-order chi connectivity index (χ0) is 6.20. The summed E-state index contributed by atoms with van der Waals surface area (Å²) >= 11 is 0. The lowest BCUT2D eigenvalue weighted by Crippen LogP contribution is -2.10. The summed E-state index contributed by atoms with van der Waals surface area (Å²) in [7, 11) is 0. The summed E-state index contributed by atoms with van der Waals surface area (Å²) < 4.78 is 0. The number of rotatable bonds is 2. The topological polar surface area (TPSA) is 37.3 Å². The molecule has 0 atom stereocenters. The van der Waals surface area contributed by atoms with E-state index in [1.807, 2.05) is 0 Å². The van der Waals surface area contributed by atoms with Crippen LogP contribution in [0.2, 0.25) is 0 Å². The minimum Gasteiger partial charge on any atom is -0.481 e. The van der Waals surface area contributed by atoms with Crippen LogP contribution in [0.25, 0.3) is 0 Å². The van der Waals surface area contributed by atoms with Crippen LogP contribution < -0.4 is 0 Å². The Morgan fingerprint density at radius 3 is 2.11 bits per heavy atom. The molecule has 0 aromatic rings. The van der Waals surface area contributed by atoms with E-state index >= 15 is 0 Å². The molecule has 2 nitrogen and oxygen atoms in total. The Morgan fingerprint density at radius 1 is 1.67 bits per heavy atom. The molecule has 1 saturated carbocycles. The molecular formula is C6H9ClO2. The third kappa shape index (κ3) is 1.24. The summed E-state index contributed by atoms with van der Waals surface area (Å²) in [6.45, 7) is 3.44. The van der Waals surface area contributed by atoms with Crippen molar-refractivity contribution in [1.82, 2.24) is 0 Å². The molecule has 0 saturated heterocycles. The molecule has 3 heteroatoms. The van der Waals surface area contributed by atoms with Gasteiger partial charge in [-0.15, -0.1) is 19.0 Å². The maximum absolute atomic E-state index is 10.2. The first-order chi connectivity index (χ1) is 3.71. The molecule has 9 heavy (non-hydrogen) atoms. The van der Waals surface area contributed by atoms with Crippen LogP contribution >= 0.6 is 12.4 Å². The lowest BCUT2D eigenvalue weighted by Gasteiger charge is -1.97. The Kier molecular flexibility index (Phi) is 2.26. The highest BCUT2D eigenvalue weighted by Crippen LogP contribution is 2.46. The molecule has 1 fully saturated rings. The van der Waals surface area contributed by atoms with Crippen molar-refractivity contribution in [2.45, 2.75) is 12.8 Å². The van der Waals surface area contributed by atoms with Crippen molar-refractivity contribution in [1.29, 1.82) is 0 Å². The highest BCUT2D eigenvalue weighted by molar-refractivity contribution is 5.85. The first kappa shape index (κ1) is 8.50. The molecule has 1 N–H and O–H groups in total. The van der Waals surface area contributed by atoms with Crippen LogP contribution in [0.4, 0.5) is 0 Å². The van der Waals surface area contributed by atoms with Gasteiger partial charge in [0, 0.05) is 0 Å². The summed E-state index contributed by atoms with van der Waals surface area (Å²) in [6, 6.07) is 0. The van der Waals surface area contributed by atoms with Crippen LogP contribution in [0.5, 0.6) is 0 Å². The fraction of sp³-hybridized carbons (Fsp3) is 0.500. The van der Waals surface area contributed by atoms with Crippen molar-refractivity contribution >= 4 is 18.4 Å². The third-order valence-electron chi connectivity index (χ3n) is 1.61. The monoisotopic (exact) mass is 148 g/mol. The van der Waals surface area contributed by atoms with Gasteiger partial charge in [0.2, 0.25) is 0 Å². The average molecular weight is 149 g/mol. The summed E-state index contributed by atoms with van der Waals surface area (Å²) in [4.78, 5) is 10.2. The van der Waals surface area contributed by atoms with E-state index in [1.54, 1.807) is 0 Å². The fourth-order valence-corrected chi connectivity index (χ4v) is 0.640. The second-order valence-electron chi connectivity index (χ2n) is 2.17. The summed E-state index contributed by atoms with van der Waals surface area (Å²) in [5.74, 6) is -0.729. The van der Waals surface area contributed by atoms with Crippen molar-refractivity contribution in [2.75, 3.05) is 0 Å². The van der Waals surface area contributed by atoms with Crippen LogP contribution in [0, 0.1) is 5.41 Å². The van der Waals surface area contributed by atoms with Gasteiger partial charge in [0.15, 0.2) is 0 Å². The third-order valence-corrected chi connectivity index (χ3v) is 1.61. The number of carboxylic acid groups (broad SMARTS) is 1. The van der Waals surface area contributed by atoms with E-state index in [2.05, 4.69) is 6.58 Å². The highest BCUT2D eigenvalue weighted by atomic mass is 35.5. The number of carboxylic acids is 1. The lowest BCUT2D eigenvalue weighted by molar-refractivity contribution is -0.141. The SMILES string of the molecule is C=CC1(C(=O)O)CC1.Cl. The smallest absolute Gasteiger partial charge is 0.313 e. The minimum absolute atomic E-state index is 0. The molecule has 0 amide bonds. The van der Waals surface area contributed by atoms with Gasteiger partial charge in [0.25, 0.3) is 0 Å². The van der Waals surface area contributed by atoms with Crippen molar-refractivity contribution < 1.29 is 9.90 Å². The molecule has 1 aliphatic carbocycles. The van der Waals surface area contributed by atoms with E-state index in [4.69, 9.17) is 5.11 Å². The Balaban J connectivity index is 0.000000640. The van der Waals surface area contributed by atoms with Gasteiger partial charge in [-0.25, -0.2) is 0 Å². The molecule has 0 radical (unpaired) electrons. The Labute approximate surface area is 60.0 Å². The number of halogens is 1. The van der Waals surface area contributed by atoms with Crippen LogP contribution in [-0.4, -0.2) is 11.1 Å². The van der Waals surface area contributed by atoms with Gasteiger partial charge in [-0.3, -0.25) is 4.79 Å². The van der Waals surface area contributed by atoms with Crippen LogP contribution in [0.15, 0.2) is 12.7 Å². The predicted octanol–water partition coefficient (Wildman–Crippen LogP) is 1.46. The van der Waals surface area contributed by atoms with E-state index in [-0.39, 0.29) is 12.4 Å². The van der Waals surface area contributed by atoms with E-state index < -0.39 is 11.4 Å². The number of aliphatic carboxylic acids is 1. The molecule has 0 aliphatic heterocycles. The molecule has 1 rings (SSSR count). The second-order valence-corrected chi connectivity index (χ2v) is 2.17. The molecule has 0 bridgehead atoms. The van der Waals surface area contributed by atoms with Crippen LogP contribution in [0.1, 0.15) is 12.8 Å². The molecule has 0 aromatic carbocycles. The van der Waals surface area contributed by atoms with Crippen LogP contribution in [-0.2, 0) is 4.79 Å². The van der Waals surface area contributed by atoms with Gasteiger partial charge in [-0.2, -0.15) is 0 Å². The Morgan fingerprint density at radius 2 is 2.11 bits per heavy atom. The van der Waals surface area contributed by atoms with E-state index in [1.165, 1.54) is 6.08 Å². The van der Waals surface area contributed by atoms with E-state index in [0.717, 1.165) is 12.8 Å². The molecule has 0 spiro atoms. The minimum atomic E-state index is -0.729. The predicted molar refractivity (Wildman–Crippen MR) is 36.7 cm³/mol. The Hall–Kier alpha value is -0.500. The first-order valence-corrected chi connectivity index (χ1v) is 2.58. The Bertz CT molecular complexity index is 138. The molecule has 52 valence electrons. The maximum Gasteiger partial charge on any atom is 0.313 e. The lowest BCUT2D eigenvalue weighted by atomic mass is 10.1. The van der Waals surface area contributed by atoms with Crippen LogP contribution in [0.3, 0.4) is 0 Å². The summed E-state index contributed by atoms with van der Waals surface area (Å²) in [6.07, 6.45) is 3.06. The zero-order valence-corrected chi connectivity index (χ0v) is 5.78. The second kappa shape index (κ2) is 2.40. The van der Waals surface area contributed by atoms with Gasteiger partial charge in [-0.05, 0) is 12.8 Å². The van der Waals surface area contributed by atoms with Gasteiger partial charge < -0.3 is 5.11 Å². The van der Waals surface area contributed by atoms with Gasteiger partial charge >= 0.3 is 5.97 Å². The zero-order valence-electron chi connectivity index (χ0n) is 4.96. The number of hydrogen-bond acceptors (Lipinski definition) is 1. The number of hydrogen-bond donors (Lipinski definition) is 1. The van der Waals surface area contributed by atoms with Crippen molar-refractivity contribution in [3.8, 4) is 0 Å². The molecule has 0 heterocycles. The molecular weight excluding hydrogens is 140 g/mol. The maximum atomic E-state index is 10.2. The van der Waals surface area contributed by atoms with Crippen molar-refractivity contribution in [2.24, 2.45) is 5.41 Å². The van der Waals surface area contributed by atoms with E-state index in [0.29, 0.717) is 0 Å². The van der Waals surface area contributed by atoms with E-state index in [9.17, 15) is 4.79 Å². The fourth-order valence-electron chi connectivity index (χ4n) is 0.640. The summed E-state index contributed by atoms with van der Waals surface area (Å²) in [5, 5.41) is 8.43. The summed E-state index contributed by atoms with van der Waals surface area (Å²) in [5.41, 5.74) is -0.528.